The van der Waals surface area contributed by atoms with Gasteiger partial charge in [-0.1, -0.05) is 54.3 Å². The van der Waals surface area contributed by atoms with Gasteiger partial charge in [-0.05, 0) is 55.8 Å². The third-order valence-corrected chi connectivity index (χ3v) is 6.19. The molecule has 3 aromatic rings. The summed E-state index contributed by atoms with van der Waals surface area (Å²) in [5, 5.41) is 0. The molecule has 146 valence electrons. The molecule has 29 heavy (non-hydrogen) atoms. The molecule has 0 aliphatic carbocycles. The number of carbonyl (C=O) groups is 1. The first-order valence-electron chi connectivity index (χ1n) is 9.16. The average Bonchev–Trinajstić information content (AvgIpc) is 3.17. The van der Waals surface area contributed by atoms with Gasteiger partial charge in [-0.15, -0.1) is 0 Å². The van der Waals surface area contributed by atoms with E-state index in [9.17, 15) is 4.79 Å². The van der Waals surface area contributed by atoms with E-state index in [-0.39, 0.29) is 5.91 Å². The van der Waals surface area contributed by atoms with Crippen LogP contribution in [0.2, 0.25) is 0 Å². The summed E-state index contributed by atoms with van der Waals surface area (Å²) in [5.74, 6) is 0.713. The number of ether oxygens (including phenoxy) is 1. The molecule has 1 saturated heterocycles. The highest BCUT2D eigenvalue weighted by molar-refractivity contribution is 8.27. The van der Waals surface area contributed by atoms with Gasteiger partial charge in [0.05, 0.1) is 23.4 Å². The highest BCUT2D eigenvalue weighted by Gasteiger charge is 2.33. The number of carbonyl (C=O) groups excluding carboxylic acids is 1. The van der Waals surface area contributed by atoms with Crippen molar-refractivity contribution in [3.63, 3.8) is 0 Å². The van der Waals surface area contributed by atoms with Crippen LogP contribution in [-0.2, 0) is 4.79 Å². The summed E-state index contributed by atoms with van der Waals surface area (Å²) in [4.78, 5) is 15.2. The van der Waals surface area contributed by atoms with Gasteiger partial charge < -0.3 is 9.30 Å². The number of thiocarbonyl (C=S) groups is 1. The van der Waals surface area contributed by atoms with Gasteiger partial charge in [0.15, 0.2) is 4.32 Å². The highest BCUT2D eigenvalue weighted by Crippen LogP contribution is 2.37. The minimum absolute atomic E-state index is 0.0895. The number of aromatic nitrogens is 1. The lowest BCUT2D eigenvalue weighted by molar-refractivity contribution is -0.113. The van der Waals surface area contributed by atoms with Crippen LogP contribution in [0.1, 0.15) is 17.0 Å². The van der Waals surface area contributed by atoms with Crippen LogP contribution < -0.4 is 9.64 Å². The molecule has 1 amide bonds. The summed E-state index contributed by atoms with van der Waals surface area (Å²) in [7, 11) is 1.67. The molecule has 2 heterocycles. The summed E-state index contributed by atoms with van der Waals surface area (Å²) in [6.45, 7) is 4.09. The maximum atomic E-state index is 13.0. The van der Waals surface area contributed by atoms with Gasteiger partial charge in [0.25, 0.3) is 5.91 Å². The first-order chi connectivity index (χ1) is 14.0. The van der Waals surface area contributed by atoms with Crippen molar-refractivity contribution in [2.24, 2.45) is 0 Å². The smallest absolute Gasteiger partial charge is 0.270 e. The first kappa shape index (κ1) is 19.5. The normalized spacial score (nSPS) is 15.4. The van der Waals surface area contributed by atoms with Crippen molar-refractivity contribution >= 4 is 46.0 Å². The maximum Gasteiger partial charge on any atom is 0.270 e. The largest absolute Gasteiger partial charge is 0.495 e. The fourth-order valence-electron chi connectivity index (χ4n) is 3.53. The van der Waals surface area contributed by atoms with Gasteiger partial charge in [-0.3, -0.25) is 9.69 Å². The molecular weight excluding hydrogens is 400 g/mol. The standard InChI is InChI=1S/C23H20N2O2S2/c1-15-13-17(16(2)24(15)19-11-7-8-12-20(19)27-3)14-21-22(26)25(23(28)29-21)18-9-5-4-6-10-18/h4-14H,1-3H3/b21-14-. The number of benzene rings is 2. The fraction of sp³-hybridized carbons (Fsp3) is 0.130. The van der Waals surface area contributed by atoms with Crippen molar-refractivity contribution in [3.8, 4) is 11.4 Å². The van der Waals surface area contributed by atoms with Crippen LogP contribution in [0.5, 0.6) is 5.75 Å². The number of rotatable bonds is 4. The number of hydrogen-bond acceptors (Lipinski definition) is 4. The quantitative estimate of drug-likeness (QED) is 0.412. The summed E-state index contributed by atoms with van der Waals surface area (Å²) < 4.78 is 8.22. The Labute approximate surface area is 179 Å². The van der Waals surface area contributed by atoms with Crippen LogP contribution in [0.15, 0.2) is 65.6 Å². The van der Waals surface area contributed by atoms with E-state index in [2.05, 4.69) is 10.6 Å². The van der Waals surface area contributed by atoms with E-state index in [0.717, 1.165) is 34.1 Å². The Morgan fingerprint density at radius 1 is 1.03 bits per heavy atom. The van der Waals surface area contributed by atoms with Crippen LogP contribution in [0.4, 0.5) is 5.69 Å². The number of anilines is 1. The van der Waals surface area contributed by atoms with E-state index in [1.54, 1.807) is 12.0 Å². The van der Waals surface area contributed by atoms with Crippen molar-refractivity contribution in [2.75, 3.05) is 12.0 Å². The van der Waals surface area contributed by atoms with Crippen LogP contribution in [0.25, 0.3) is 11.8 Å². The lowest BCUT2D eigenvalue weighted by atomic mass is 10.2. The zero-order chi connectivity index (χ0) is 20.5. The molecule has 0 atom stereocenters. The van der Waals surface area contributed by atoms with Crippen LogP contribution in [0, 0.1) is 13.8 Å². The van der Waals surface area contributed by atoms with Gasteiger partial charge in [0.1, 0.15) is 5.75 Å². The summed E-state index contributed by atoms with van der Waals surface area (Å²) in [5.41, 5.74) is 4.86. The lowest BCUT2D eigenvalue weighted by Crippen LogP contribution is -2.27. The van der Waals surface area contributed by atoms with E-state index >= 15 is 0 Å². The average molecular weight is 421 g/mol. The second-order valence-corrected chi connectivity index (χ2v) is 8.36. The zero-order valence-corrected chi connectivity index (χ0v) is 18.0. The van der Waals surface area contributed by atoms with E-state index < -0.39 is 0 Å². The van der Waals surface area contributed by atoms with Gasteiger partial charge in [0.2, 0.25) is 0 Å². The maximum absolute atomic E-state index is 13.0. The van der Waals surface area contributed by atoms with E-state index in [1.165, 1.54) is 11.8 Å². The molecule has 1 fully saturated rings. The summed E-state index contributed by atoms with van der Waals surface area (Å²) in [6.07, 6.45) is 1.93. The van der Waals surface area contributed by atoms with Crippen molar-refractivity contribution in [3.05, 3.63) is 82.5 Å². The fourth-order valence-corrected chi connectivity index (χ4v) is 4.82. The number of aryl methyl sites for hydroxylation is 1. The molecule has 4 rings (SSSR count). The van der Waals surface area contributed by atoms with Gasteiger partial charge in [-0.2, -0.15) is 0 Å². The number of methoxy groups -OCH3 is 1. The third-order valence-electron chi connectivity index (χ3n) is 4.89. The Hall–Kier alpha value is -2.83. The molecule has 0 unspecified atom stereocenters. The summed E-state index contributed by atoms with van der Waals surface area (Å²) in [6, 6.07) is 19.5. The Balaban J connectivity index is 1.73. The third kappa shape index (κ3) is 3.50. The SMILES string of the molecule is COc1ccccc1-n1c(C)cc(/C=C2\SC(=S)N(c3ccccc3)C2=O)c1C. The zero-order valence-electron chi connectivity index (χ0n) is 16.4. The second kappa shape index (κ2) is 7.89. The number of thioether (sulfide) groups is 1. The van der Waals surface area contributed by atoms with Crippen molar-refractivity contribution in [1.29, 1.82) is 0 Å². The number of hydrogen-bond donors (Lipinski definition) is 0. The Kier molecular flexibility index (Phi) is 5.30. The van der Waals surface area contributed by atoms with E-state index in [1.807, 2.05) is 74.5 Å². The molecule has 6 heteroatoms. The number of para-hydroxylation sites is 3. The molecule has 0 N–H and O–H groups in total. The van der Waals surface area contributed by atoms with Gasteiger partial charge in [0, 0.05) is 11.4 Å². The minimum atomic E-state index is -0.0895. The molecule has 0 radical (unpaired) electrons. The Morgan fingerprint density at radius 3 is 2.45 bits per heavy atom. The van der Waals surface area contributed by atoms with Crippen molar-refractivity contribution < 1.29 is 9.53 Å². The molecule has 1 aromatic heterocycles. The van der Waals surface area contributed by atoms with E-state index in [4.69, 9.17) is 17.0 Å². The molecular formula is C23H20N2O2S2. The number of amides is 1. The van der Waals surface area contributed by atoms with Crippen LogP contribution >= 0.6 is 24.0 Å². The lowest BCUT2D eigenvalue weighted by Gasteiger charge is -2.14. The van der Waals surface area contributed by atoms with Crippen LogP contribution in [0.3, 0.4) is 0 Å². The predicted octanol–water partition coefficient (Wildman–Crippen LogP) is 5.51. The molecule has 4 nitrogen and oxygen atoms in total. The molecule has 0 bridgehead atoms. The van der Waals surface area contributed by atoms with Crippen LogP contribution in [-0.4, -0.2) is 21.9 Å². The second-order valence-electron chi connectivity index (χ2n) is 6.69. The van der Waals surface area contributed by atoms with Gasteiger partial charge >= 0.3 is 0 Å². The molecule has 2 aromatic carbocycles. The summed E-state index contributed by atoms with van der Waals surface area (Å²) >= 11 is 6.81. The van der Waals surface area contributed by atoms with Crippen molar-refractivity contribution in [1.82, 2.24) is 4.57 Å². The predicted molar refractivity (Wildman–Crippen MR) is 124 cm³/mol. The number of nitrogens with zero attached hydrogens (tertiary/aromatic N) is 2. The Bertz CT molecular complexity index is 1130. The molecule has 1 aliphatic heterocycles. The Morgan fingerprint density at radius 2 is 1.72 bits per heavy atom. The minimum Gasteiger partial charge on any atom is -0.495 e. The van der Waals surface area contributed by atoms with Crippen molar-refractivity contribution in [2.45, 2.75) is 13.8 Å². The monoisotopic (exact) mass is 420 g/mol. The van der Waals surface area contributed by atoms with E-state index in [0.29, 0.717) is 9.23 Å². The molecule has 0 spiro atoms. The molecule has 0 saturated carbocycles. The molecule has 1 aliphatic rings. The highest BCUT2D eigenvalue weighted by atomic mass is 32.2. The van der Waals surface area contributed by atoms with Gasteiger partial charge in [-0.25, -0.2) is 0 Å². The first-order valence-corrected chi connectivity index (χ1v) is 10.4. The topological polar surface area (TPSA) is 34.5 Å².